The van der Waals surface area contributed by atoms with Gasteiger partial charge in [-0.3, -0.25) is 0 Å². The van der Waals surface area contributed by atoms with Crippen LogP contribution in [-0.4, -0.2) is 26.5 Å². The Bertz CT molecular complexity index is 934. The molecule has 3 rings (SSSR count). The van der Waals surface area contributed by atoms with Crippen molar-refractivity contribution < 1.29 is 17.9 Å². The lowest BCUT2D eigenvalue weighted by Crippen LogP contribution is -2.43. The SMILES string of the molecule is COC(=O)c1ccc(Cl)c(S(=O)(=O)NC2(c3nc(C)cs3)CCCC2)c1. The van der Waals surface area contributed by atoms with Crippen LogP contribution in [0.4, 0.5) is 0 Å². The molecule has 0 atom stereocenters. The van der Waals surface area contributed by atoms with E-state index in [4.69, 9.17) is 11.6 Å². The van der Waals surface area contributed by atoms with Gasteiger partial charge in [-0.25, -0.2) is 18.2 Å². The third kappa shape index (κ3) is 3.64. The van der Waals surface area contributed by atoms with E-state index < -0.39 is 21.5 Å². The largest absolute Gasteiger partial charge is 0.465 e. The van der Waals surface area contributed by atoms with E-state index >= 15 is 0 Å². The first kappa shape index (κ1) is 19.3. The monoisotopic (exact) mass is 414 g/mol. The molecule has 0 bridgehead atoms. The minimum atomic E-state index is -3.96. The Balaban J connectivity index is 2.01. The number of thiazole rings is 1. The van der Waals surface area contributed by atoms with Gasteiger partial charge in [0, 0.05) is 11.1 Å². The Morgan fingerprint density at radius 1 is 1.35 bits per heavy atom. The number of sulfonamides is 1. The highest BCUT2D eigenvalue weighted by molar-refractivity contribution is 7.89. The number of nitrogens with zero attached hydrogens (tertiary/aromatic N) is 1. The molecular formula is C17H19ClN2O4S2. The lowest BCUT2D eigenvalue weighted by atomic mass is 10.0. The van der Waals surface area contributed by atoms with E-state index in [0.29, 0.717) is 12.8 Å². The van der Waals surface area contributed by atoms with Crippen LogP contribution in [0, 0.1) is 6.92 Å². The van der Waals surface area contributed by atoms with Crippen LogP contribution in [-0.2, 0) is 20.3 Å². The summed E-state index contributed by atoms with van der Waals surface area (Å²) < 4.78 is 33.7. The summed E-state index contributed by atoms with van der Waals surface area (Å²) in [6, 6.07) is 4.06. The fraction of sp³-hybridized carbons (Fsp3) is 0.412. The van der Waals surface area contributed by atoms with Gasteiger partial charge in [-0.05, 0) is 38.0 Å². The molecule has 1 N–H and O–H groups in total. The molecule has 0 saturated heterocycles. The molecule has 1 fully saturated rings. The van der Waals surface area contributed by atoms with Gasteiger partial charge in [0.05, 0.1) is 23.2 Å². The van der Waals surface area contributed by atoms with Crippen LogP contribution < -0.4 is 4.72 Å². The zero-order valence-corrected chi connectivity index (χ0v) is 16.8. The van der Waals surface area contributed by atoms with E-state index in [-0.39, 0.29) is 15.5 Å². The lowest BCUT2D eigenvalue weighted by molar-refractivity contribution is 0.0600. The summed E-state index contributed by atoms with van der Waals surface area (Å²) in [4.78, 5) is 16.1. The van der Waals surface area contributed by atoms with Crippen molar-refractivity contribution in [1.82, 2.24) is 9.71 Å². The number of hydrogen-bond acceptors (Lipinski definition) is 6. The van der Waals surface area contributed by atoms with Crippen molar-refractivity contribution >= 4 is 38.9 Å². The molecule has 140 valence electrons. The molecule has 26 heavy (non-hydrogen) atoms. The maximum atomic E-state index is 13.1. The molecule has 9 heteroatoms. The molecular weight excluding hydrogens is 396 g/mol. The second kappa shape index (κ2) is 7.26. The molecule has 0 radical (unpaired) electrons. The zero-order chi connectivity index (χ0) is 18.9. The summed E-state index contributed by atoms with van der Waals surface area (Å²) in [6.07, 6.45) is 3.18. The van der Waals surface area contributed by atoms with Gasteiger partial charge < -0.3 is 4.74 Å². The summed E-state index contributed by atoms with van der Waals surface area (Å²) in [7, 11) is -2.72. The van der Waals surface area contributed by atoms with Crippen molar-refractivity contribution in [1.29, 1.82) is 0 Å². The quantitative estimate of drug-likeness (QED) is 0.755. The molecule has 0 amide bonds. The highest BCUT2D eigenvalue weighted by Gasteiger charge is 2.42. The van der Waals surface area contributed by atoms with E-state index in [1.165, 1.54) is 36.6 Å². The third-order valence-electron chi connectivity index (χ3n) is 4.46. The van der Waals surface area contributed by atoms with Crippen molar-refractivity contribution in [3.05, 3.63) is 44.9 Å². The predicted octanol–water partition coefficient (Wildman–Crippen LogP) is 3.64. The average Bonchev–Trinajstić information content (AvgIpc) is 3.24. The summed E-state index contributed by atoms with van der Waals surface area (Å²) in [5, 5.41) is 2.72. The van der Waals surface area contributed by atoms with Gasteiger partial charge in [0.1, 0.15) is 9.90 Å². The topological polar surface area (TPSA) is 85.4 Å². The Morgan fingerprint density at radius 3 is 2.62 bits per heavy atom. The number of ether oxygens (including phenoxy) is 1. The molecule has 1 aliphatic carbocycles. The molecule has 0 unspecified atom stereocenters. The van der Waals surface area contributed by atoms with Crippen molar-refractivity contribution in [3.63, 3.8) is 0 Å². The van der Waals surface area contributed by atoms with Crippen LogP contribution in [0.1, 0.15) is 46.7 Å². The molecule has 0 spiro atoms. The minimum Gasteiger partial charge on any atom is -0.465 e. The number of aryl methyl sites for hydroxylation is 1. The highest BCUT2D eigenvalue weighted by atomic mass is 35.5. The van der Waals surface area contributed by atoms with E-state index in [1.807, 2.05) is 12.3 Å². The van der Waals surface area contributed by atoms with E-state index in [0.717, 1.165) is 23.5 Å². The zero-order valence-electron chi connectivity index (χ0n) is 14.4. The van der Waals surface area contributed by atoms with E-state index in [1.54, 1.807) is 0 Å². The maximum absolute atomic E-state index is 13.1. The van der Waals surface area contributed by atoms with Gasteiger partial charge in [0.15, 0.2) is 0 Å². The van der Waals surface area contributed by atoms with Crippen LogP contribution >= 0.6 is 22.9 Å². The molecule has 1 aromatic heterocycles. The Kier molecular flexibility index (Phi) is 5.39. The van der Waals surface area contributed by atoms with E-state index in [2.05, 4.69) is 14.4 Å². The van der Waals surface area contributed by atoms with Gasteiger partial charge in [-0.1, -0.05) is 24.4 Å². The fourth-order valence-corrected chi connectivity index (χ4v) is 6.21. The average molecular weight is 415 g/mol. The number of hydrogen-bond donors (Lipinski definition) is 1. The first-order valence-corrected chi connectivity index (χ1v) is 10.9. The second-order valence-corrected chi connectivity index (χ2v) is 9.24. The molecule has 2 aromatic rings. The van der Waals surface area contributed by atoms with Gasteiger partial charge in [0.2, 0.25) is 10.0 Å². The maximum Gasteiger partial charge on any atom is 0.337 e. The lowest BCUT2D eigenvalue weighted by Gasteiger charge is -2.28. The number of methoxy groups -OCH3 is 1. The molecule has 1 aromatic carbocycles. The highest BCUT2D eigenvalue weighted by Crippen LogP contribution is 2.41. The Labute approximate surface area is 161 Å². The van der Waals surface area contributed by atoms with E-state index in [9.17, 15) is 13.2 Å². The van der Waals surface area contributed by atoms with Gasteiger partial charge in [0.25, 0.3) is 0 Å². The smallest absolute Gasteiger partial charge is 0.337 e. The number of esters is 1. The standard InChI is InChI=1S/C17H19ClN2O4S2/c1-11-10-25-16(19-11)17(7-3-4-8-17)20-26(22,23)14-9-12(15(21)24-2)5-6-13(14)18/h5-6,9-10,20H,3-4,7-8H2,1-2H3. The van der Waals surface area contributed by atoms with Crippen LogP contribution in [0.25, 0.3) is 0 Å². The van der Waals surface area contributed by atoms with Crippen LogP contribution in [0.15, 0.2) is 28.5 Å². The molecule has 0 aliphatic heterocycles. The summed E-state index contributed by atoms with van der Waals surface area (Å²) in [5.74, 6) is -0.621. The summed E-state index contributed by atoms with van der Waals surface area (Å²) >= 11 is 7.58. The van der Waals surface area contributed by atoms with Gasteiger partial charge in [-0.2, -0.15) is 4.72 Å². The van der Waals surface area contributed by atoms with Crippen LogP contribution in [0.3, 0.4) is 0 Å². The first-order valence-electron chi connectivity index (χ1n) is 8.12. The molecule has 6 nitrogen and oxygen atoms in total. The predicted molar refractivity (Wildman–Crippen MR) is 100 cm³/mol. The number of benzene rings is 1. The number of carbonyl (C=O) groups excluding carboxylic acids is 1. The van der Waals surface area contributed by atoms with Crippen molar-refractivity contribution in [2.75, 3.05) is 7.11 Å². The van der Waals surface area contributed by atoms with Crippen molar-refractivity contribution in [2.45, 2.75) is 43.0 Å². The number of rotatable bonds is 5. The number of carbonyl (C=O) groups is 1. The number of halogens is 1. The van der Waals surface area contributed by atoms with Crippen LogP contribution in [0.5, 0.6) is 0 Å². The molecule has 1 heterocycles. The van der Waals surface area contributed by atoms with Crippen molar-refractivity contribution in [2.24, 2.45) is 0 Å². The number of aromatic nitrogens is 1. The Morgan fingerprint density at radius 2 is 2.04 bits per heavy atom. The normalized spacial score (nSPS) is 16.6. The summed E-state index contributed by atoms with van der Waals surface area (Å²) in [5.41, 5.74) is 0.256. The Hall–Kier alpha value is -1.48. The van der Waals surface area contributed by atoms with Gasteiger partial charge in [-0.15, -0.1) is 11.3 Å². The van der Waals surface area contributed by atoms with Gasteiger partial charge >= 0.3 is 5.97 Å². The van der Waals surface area contributed by atoms with Crippen molar-refractivity contribution in [3.8, 4) is 0 Å². The fourth-order valence-electron chi connectivity index (χ4n) is 3.18. The first-order chi connectivity index (χ1) is 12.3. The second-order valence-electron chi connectivity index (χ2n) is 6.33. The minimum absolute atomic E-state index is 0.0496. The molecule has 1 aliphatic rings. The summed E-state index contributed by atoms with van der Waals surface area (Å²) in [6.45, 7) is 1.88. The van der Waals surface area contributed by atoms with Crippen LogP contribution in [0.2, 0.25) is 5.02 Å². The number of nitrogens with one attached hydrogen (secondary N) is 1. The molecule has 1 saturated carbocycles. The third-order valence-corrected chi connectivity index (χ3v) is 7.64.